The van der Waals surface area contributed by atoms with Crippen molar-refractivity contribution in [3.63, 3.8) is 0 Å². The van der Waals surface area contributed by atoms with E-state index in [1.54, 1.807) is 7.11 Å². The Hall–Kier alpha value is -0.846. The van der Waals surface area contributed by atoms with Gasteiger partial charge in [-0.3, -0.25) is 0 Å². The normalized spacial score (nSPS) is 23.9. The molecule has 1 aliphatic rings. The largest absolute Gasteiger partial charge is 0.416 e. The summed E-state index contributed by atoms with van der Waals surface area (Å²) in [6.07, 6.45) is 6.04. The summed E-state index contributed by atoms with van der Waals surface area (Å²) in [5, 5.41) is 0.277. The summed E-state index contributed by atoms with van der Waals surface area (Å²) in [6.45, 7) is 33.5. The molecule has 0 amide bonds. The van der Waals surface area contributed by atoms with E-state index in [0.717, 1.165) is 18.4 Å². The van der Waals surface area contributed by atoms with Crippen molar-refractivity contribution >= 4 is 16.6 Å². The quantitative estimate of drug-likeness (QED) is 0.113. The van der Waals surface area contributed by atoms with E-state index in [-0.39, 0.29) is 58.5 Å². The van der Waals surface area contributed by atoms with E-state index in [1.807, 2.05) is 13.2 Å². The summed E-state index contributed by atoms with van der Waals surface area (Å²) in [7, 11) is -0.375. The number of hydrogen-bond acceptors (Lipinski definition) is 6. The lowest BCUT2D eigenvalue weighted by atomic mass is 9.87. The summed E-state index contributed by atoms with van der Waals surface area (Å²) in [4.78, 5) is 0. The molecular formula is C39H72O6Si2. The van der Waals surface area contributed by atoms with Gasteiger partial charge in [-0.25, -0.2) is 0 Å². The maximum Gasteiger partial charge on any atom is 0.192 e. The fraction of sp³-hybridized carbons (Fsp3) is 0.795. The number of methoxy groups -OCH3 is 2. The summed E-state index contributed by atoms with van der Waals surface area (Å²) >= 11 is 0. The second-order valence-electron chi connectivity index (χ2n) is 17.3. The molecule has 1 aliphatic heterocycles. The Balaban J connectivity index is 2.29. The third-order valence-electron chi connectivity index (χ3n) is 11.4. The van der Waals surface area contributed by atoms with E-state index in [1.165, 1.54) is 0 Å². The van der Waals surface area contributed by atoms with Crippen LogP contribution in [-0.4, -0.2) is 68.2 Å². The van der Waals surface area contributed by atoms with Crippen LogP contribution >= 0.6 is 0 Å². The third-order valence-corrected chi connectivity index (χ3v) is 20.4. The van der Waals surface area contributed by atoms with E-state index in [4.69, 9.17) is 27.8 Å². The first kappa shape index (κ1) is 42.3. The standard InChI is InChI=1S/C39H72O6Si2/c1-28(22-23-33(42-27-32-20-18-17-19-21-32)31(4)37-29(2)24-36(41-12)44-37)34(40-11)25-35(45-47(15,16)39(8,9)10)30(3)26-43-46(13,14)38(5,6)7/h17-23,28-31,33-37H,24-27H2,1-16H3/b23-22+/t28-,29+,30+,31-,33+,34-,35-,36?,37+/m0/s1. The highest BCUT2D eigenvalue weighted by Gasteiger charge is 2.43. The molecule has 0 aromatic heterocycles. The van der Waals surface area contributed by atoms with Crippen LogP contribution in [0.2, 0.25) is 36.3 Å². The second-order valence-corrected chi connectivity index (χ2v) is 26.9. The van der Waals surface area contributed by atoms with E-state index in [2.05, 4.69) is 132 Å². The van der Waals surface area contributed by atoms with Gasteiger partial charge in [-0.05, 0) is 54.2 Å². The van der Waals surface area contributed by atoms with Gasteiger partial charge in [0.05, 0.1) is 31.0 Å². The molecule has 0 radical (unpaired) electrons. The molecule has 1 aromatic rings. The molecule has 9 atom stereocenters. The molecule has 272 valence electrons. The third kappa shape index (κ3) is 12.5. The van der Waals surface area contributed by atoms with Gasteiger partial charge in [-0.2, -0.15) is 0 Å². The van der Waals surface area contributed by atoms with Gasteiger partial charge in [-0.1, -0.05) is 112 Å². The van der Waals surface area contributed by atoms with Crippen molar-refractivity contribution in [2.45, 2.75) is 156 Å². The van der Waals surface area contributed by atoms with Crippen LogP contribution in [0.4, 0.5) is 0 Å². The topological polar surface area (TPSA) is 55.4 Å². The number of rotatable bonds is 18. The molecule has 1 fully saturated rings. The van der Waals surface area contributed by atoms with Crippen LogP contribution < -0.4 is 0 Å². The zero-order valence-electron chi connectivity index (χ0n) is 33.0. The molecule has 1 aromatic carbocycles. The van der Waals surface area contributed by atoms with E-state index < -0.39 is 16.6 Å². The van der Waals surface area contributed by atoms with Crippen LogP contribution in [-0.2, 0) is 34.4 Å². The van der Waals surface area contributed by atoms with Crippen LogP contribution in [0.15, 0.2) is 42.5 Å². The Morgan fingerprint density at radius 1 is 0.872 bits per heavy atom. The predicted octanol–water partition coefficient (Wildman–Crippen LogP) is 10.3. The molecule has 0 saturated carbocycles. The number of ether oxygens (including phenoxy) is 4. The molecule has 6 nitrogen and oxygen atoms in total. The lowest BCUT2D eigenvalue weighted by Crippen LogP contribution is -2.48. The zero-order chi connectivity index (χ0) is 35.8. The summed E-state index contributed by atoms with van der Waals surface area (Å²) in [6, 6.07) is 10.4. The lowest BCUT2D eigenvalue weighted by molar-refractivity contribution is -0.138. The molecule has 0 spiro atoms. The van der Waals surface area contributed by atoms with Crippen molar-refractivity contribution in [3.05, 3.63) is 48.0 Å². The van der Waals surface area contributed by atoms with Gasteiger partial charge in [-0.15, -0.1) is 0 Å². The van der Waals surface area contributed by atoms with E-state index >= 15 is 0 Å². The summed E-state index contributed by atoms with van der Waals surface area (Å²) in [5.41, 5.74) is 1.16. The fourth-order valence-corrected chi connectivity index (χ4v) is 8.26. The van der Waals surface area contributed by atoms with Crippen molar-refractivity contribution in [2.24, 2.45) is 23.7 Å². The van der Waals surface area contributed by atoms with Crippen molar-refractivity contribution in [1.82, 2.24) is 0 Å². The average Bonchev–Trinajstić information content (AvgIpc) is 3.37. The molecule has 1 heterocycles. The summed E-state index contributed by atoms with van der Waals surface area (Å²) < 4.78 is 38.6. The molecule has 0 aliphatic carbocycles. The average molecular weight is 693 g/mol. The second kappa shape index (κ2) is 17.9. The highest BCUT2D eigenvalue weighted by molar-refractivity contribution is 6.74. The lowest BCUT2D eigenvalue weighted by Gasteiger charge is -2.43. The Morgan fingerprint density at radius 2 is 1.47 bits per heavy atom. The van der Waals surface area contributed by atoms with Gasteiger partial charge >= 0.3 is 0 Å². The minimum Gasteiger partial charge on any atom is -0.416 e. The van der Waals surface area contributed by atoms with Crippen LogP contribution in [0, 0.1) is 23.7 Å². The van der Waals surface area contributed by atoms with Gasteiger partial charge in [0.1, 0.15) is 0 Å². The molecule has 1 saturated heterocycles. The number of benzene rings is 1. The van der Waals surface area contributed by atoms with E-state index in [9.17, 15) is 0 Å². The maximum atomic E-state index is 7.17. The van der Waals surface area contributed by atoms with Gasteiger partial charge < -0.3 is 27.8 Å². The van der Waals surface area contributed by atoms with Crippen LogP contribution in [0.1, 0.15) is 87.6 Å². The first-order valence-electron chi connectivity index (χ1n) is 18.0. The van der Waals surface area contributed by atoms with Gasteiger partial charge in [0.25, 0.3) is 0 Å². The Morgan fingerprint density at radius 3 is 1.98 bits per heavy atom. The molecule has 47 heavy (non-hydrogen) atoms. The Bertz CT molecular complexity index is 1060. The van der Waals surface area contributed by atoms with Crippen molar-refractivity contribution in [1.29, 1.82) is 0 Å². The first-order chi connectivity index (χ1) is 21.6. The molecule has 8 heteroatoms. The smallest absolute Gasteiger partial charge is 0.192 e. The molecule has 0 bridgehead atoms. The monoisotopic (exact) mass is 692 g/mol. The zero-order valence-corrected chi connectivity index (χ0v) is 35.0. The minimum atomic E-state index is -2.04. The van der Waals surface area contributed by atoms with Crippen LogP contribution in [0.25, 0.3) is 0 Å². The van der Waals surface area contributed by atoms with Crippen LogP contribution in [0.5, 0.6) is 0 Å². The van der Waals surface area contributed by atoms with Crippen molar-refractivity contribution in [3.8, 4) is 0 Å². The van der Waals surface area contributed by atoms with Crippen molar-refractivity contribution < 1.29 is 27.8 Å². The highest BCUT2D eigenvalue weighted by atomic mass is 28.4. The first-order valence-corrected chi connectivity index (χ1v) is 23.8. The Labute approximate surface area is 291 Å². The predicted molar refractivity (Wildman–Crippen MR) is 202 cm³/mol. The molecular weight excluding hydrogens is 621 g/mol. The van der Waals surface area contributed by atoms with Crippen molar-refractivity contribution in [2.75, 3.05) is 20.8 Å². The number of hydrogen-bond donors (Lipinski definition) is 0. The summed E-state index contributed by atoms with van der Waals surface area (Å²) in [5.74, 6) is 0.936. The molecule has 1 unspecified atom stereocenters. The van der Waals surface area contributed by atoms with Gasteiger partial charge in [0, 0.05) is 45.0 Å². The molecule has 0 N–H and O–H groups in total. The SMILES string of the molecule is COC1C[C@@H](C)[C@H]([C@@H](C)[C@@H](/C=C/[C@H](C)[C@H](C[C@H](O[Si](C)(C)C(C)(C)C)[C@H](C)CO[Si](C)(C)C(C)(C)C)OC)OCc2ccccc2)O1. The minimum absolute atomic E-state index is 0.0130. The highest BCUT2D eigenvalue weighted by Crippen LogP contribution is 2.41. The van der Waals surface area contributed by atoms with Gasteiger partial charge in [0.15, 0.2) is 22.9 Å². The Kier molecular flexibility index (Phi) is 16.1. The van der Waals surface area contributed by atoms with Gasteiger partial charge in [0.2, 0.25) is 0 Å². The van der Waals surface area contributed by atoms with E-state index in [0.29, 0.717) is 19.1 Å². The fourth-order valence-electron chi connectivity index (χ4n) is 5.71. The maximum absolute atomic E-state index is 7.17. The van der Waals surface area contributed by atoms with Crippen LogP contribution in [0.3, 0.4) is 0 Å². The molecule has 2 rings (SSSR count).